The van der Waals surface area contributed by atoms with Crippen LogP contribution in [0.5, 0.6) is 0 Å². The Hall–Kier alpha value is -3.53. The molecule has 0 aliphatic heterocycles. The van der Waals surface area contributed by atoms with E-state index in [0.29, 0.717) is 5.69 Å². The van der Waals surface area contributed by atoms with Gasteiger partial charge in [0.25, 0.3) is 0 Å². The van der Waals surface area contributed by atoms with Gasteiger partial charge in [-0.2, -0.15) is 0 Å². The fraction of sp³-hybridized carbons (Fsp3) is 0.227. The van der Waals surface area contributed by atoms with Crippen molar-refractivity contribution >= 4 is 15.7 Å². The predicted molar refractivity (Wildman–Crippen MR) is 117 cm³/mol. The van der Waals surface area contributed by atoms with Crippen LogP contribution in [-0.2, 0) is 25.9 Å². The number of aromatic nitrogens is 1. The summed E-state index contributed by atoms with van der Waals surface area (Å²) in [5.74, 6) is -0.637. The van der Waals surface area contributed by atoms with Crippen LogP contribution in [0.4, 0.5) is 4.39 Å². The number of sulfone groups is 1. The lowest BCUT2D eigenvalue weighted by Crippen LogP contribution is -2.28. The minimum atomic E-state index is -3.34. The molecule has 168 valence electrons. The van der Waals surface area contributed by atoms with E-state index in [4.69, 9.17) is 0 Å². The van der Waals surface area contributed by atoms with Gasteiger partial charge in [-0.3, -0.25) is 4.79 Å². The predicted octanol–water partition coefficient (Wildman–Crippen LogP) is 3.35. The molecule has 0 unspecified atom stereocenters. The highest BCUT2D eigenvalue weighted by atomic mass is 32.2. The van der Waals surface area contributed by atoms with E-state index in [1.807, 2.05) is 17.6 Å². The smallest absolute Gasteiger partial charge is 0.224 e. The maximum Gasteiger partial charge on any atom is 0.224 e. The number of halogens is 1. The zero-order valence-corrected chi connectivity index (χ0v) is 18.4. The Morgan fingerprint density at radius 2 is 1.78 bits per heavy atom. The Balaban J connectivity index is 1.99. The summed E-state index contributed by atoms with van der Waals surface area (Å²) in [7, 11) is -3.34. The molecule has 3 rings (SSSR count). The second-order valence-electron chi connectivity index (χ2n) is 7.18. The minimum absolute atomic E-state index is 0.0251. The second kappa shape index (κ2) is 9.73. The van der Waals surface area contributed by atoms with Crippen molar-refractivity contribution in [2.75, 3.05) is 19.4 Å². The number of hydrogen-bond acceptors (Lipinski definition) is 6. The van der Waals surface area contributed by atoms with Gasteiger partial charge in [0.15, 0.2) is 15.2 Å². The van der Waals surface area contributed by atoms with E-state index in [9.17, 15) is 22.5 Å². The summed E-state index contributed by atoms with van der Waals surface area (Å²) in [6.45, 7) is 1.96. The Kier molecular flexibility index (Phi) is 7.04. The molecule has 3 aromatic rings. The van der Waals surface area contributed by atoms with Crippen molar-refractivity contribution in [3.63, 3.8) is 0 Å². The molecule has 0 fully saturated rings. The van der Waals surface area contributed by atoms with E-state index in [1.54, 1.807) is 24.3 Å². The van der Waals surface area contributed by atoms with Crippen molar-refractivity contribution in [1.82, 2.24) is 9.88 Å². The van der Waals surface area contributed by atoms with Gasteiger partial charge in [0, 0.05) is 17.6 Å². The highest BCUT2D eigenvalue weighted by Gasteiger charge is 2.18. The minimum Gasteiger partial charge on any atom is -0.362 e. The highest BCUT2D eigenvalue weighted by molar-refractivity contribution is 7.90. The number of benzene rings is 2. The molecule has 0 bridgehead atoms. The summed E-state index contributed by atoms with van der Waals surface area (Å²) in [5, 5.41) is 4.92. The zero-order valence-electron chi connectivity index (χ0n) is 17.5. The summed E-state index contributed by atoms with van der Waals surface area (Å²) < 4.78 is 38.9. The third-order valence-electron chi connectivity index (χ3n) is 4.93. The molecule has 0 aliphatic carbocycles. The topological polar surface area (TPSA) is 107 Å². The number of amides is 1. The lowest BCUT2D eigenvalue weighted by atomic mass is 10.1. The first-order valence-corrected chi connectivity index (χ1v) is 11.6. The van der Waals surface area contributed by atoms with Crippen molar-refractivity contribution in [2.24, 2.45) is 5.34 Å². The van der Waals surface area contributed by atoms with Crippen molar-refractivity contribution in [3.05, 3.63) is 76.6 Å². The number of nitrogens with zero attached hydrogens (tertiary/aromatic N) is 2. The molecule has 8 nitrogen and oxygen atoms in total. The molecular weight excluding hydrogens is 437 g/mol. The van der Waals surface area contributed by atoms with E-state index < -0.39 is 9.84 Å². The zero-order chi connectivity index (χ0) is 23.3. The average Bonchev–Trinajstić information content (AvgIpc) is 3.07. The van der Waals surface area contributed by atoms with Crippen LogP contribution in [0.25, 0.3) is 16.9 Å². The van der Waals surface area contributed by atoms with Crippen LogP contribution in [0.3, 0.4) is 0 Å². The Labute approximate surface area is 184 Å². The average molecular weight is 459 g/mol. The van der Waals surface area contributed by atoms with Crippen LogP contribution in [0.2, 0.25) is 0 Å². The van der Waals surface area contributed by atoms with Gasteiger partial charge in [-0.25, -0.2) is 12.8 Å². The largest absolute Gasteiger partial charge is 0.362 e. The van der Waals surface area contributed by atoms with Crippen LogP contribution in [0.1, 0.15) is 11.3 Å². The van der Waals surface area contributed by atoms with Gasteiger partial charge < -0.3 is 14.7 Å². The summed E-state index contributed by atoms with van der Waals surface area (Å²) in [5.41, 5.74) is 3.68. The molecule has 0 aliphatic rings. The van der Waals surface area contributed by atoms with Gasteiger partial charge in [0.1, 0.15) is 12.4 Å². The fourth-order valence-electron chi connectivity index (χ4n) is 3.35. The van der Waals surface area contributed by atoms with Crippen molar-refractivity contribution in [2.45, 2.75) is 18.2 Å². The third-order valence-corrected chi connectivity index (χ3v) is 6.06. The van der Waals surface area contributed by atoms with Crippen molar-refractivity contribution < 1.29 is 22.4 Å². The fourth-order valence-corrected chi connectivity index (χ4v) is 3.98. The van der Waals surface area contributed by atoms with Gasteiger partial charge in [-0.15, -0.1) is 4.91 Å². The molecule has 0 saturated heterocycles. The molecule has 10 heteroatoms. The summed E-state index contributed by atoms with van der Waals surface area (Å²) in [6.07, 6.45) is 1.21. The van der Waals surface area contributed by atoms with E-state index in [-0.39, 0.29) is 36.2 Å². The molecule has 1 aromatic heterocycles. The monoisotopic (exact) mass is 459 g/mol. The lowest BCUT2D eigenvalue weighted by molar-refractivity contribution is -0.120. The first-order valence-electron chi connectivity index (χ1n) is 9.69. The van der Waals surface area contributed by atoms with Gasteiger partial charge in [-0.1, -0.05) is 12.1 Å². The molecular formula is C22H22FN3O5S. The third kappa shape index (κ3) is 5.38. The maximum absolute atomic E-state index is 13.5. The standard InChI is InChI=1S/C22H22FN3O5S/c1-15-17(14-22(27)24-11-12-31-25-28)13-21(26(15)19-7-5-18(23)6-8-19)16-3-9-20(10-4-16)32(2,29)30/h3-10,13H,11-12,14H2,1-2H3,(H,24,27). The molecule has 32 heavy (non-hydrogen) atoms. The van der Waals surface area contributed by atoms with Crippen LogP contribution >= 0.6 is 0 Å². The number of nitrogens with one attached hydrogen (secondary N) is 1. The van der Waals surface area contributed by atoms with Gasteiger partial charge >= 0.3 is 0 Å². The second-order valence-corrected chi connectivity index (χ2v) is 9.20. The van der Waals surface area contributed by atoms with E-state index in [1.165, 1.54) is 24.3 Å². The molecule has 0 saturated carbocycles. The first kappa shape index (κ1) is 23.1. The number of carbonyl (C=O) groups is 1. The first-order chi connectivity index (χ1) is 15.2. The van der Waals surface area contributed by atoms with E-state index in [0.717, 1.165) is 28.8 Å². The number of rotatable bonds is 9. The van der Waals surface area contributed by atoms with Crippen LogP contribution in [-0.4, -0.2) is 38.3 Å². The molecule has 0 radical (unpaired) electrons. The van der Waals surface area contributed by atoms with E-state index in [2.05, 4.69) is 15.5 Å². The number of hydrogen-bond donors (Lipinski definition) is 1. The van der Waals surface area contributed by atoms with Crippen molar-refractivity contribution in [1.29, 1.82) is 0 Å². The molecule has 2 aromatic carbocycles. The quantitative estimate of drug-likeness (QED) is 0.300. The summed E-state index contributed by atoms with van der Waals surface area (Å²) >= 11 is 0. The Morgan fingerprint density at radius 1 is 1.12 bits per heavy atom. The van der Waals surface area contributed by atoms with Crippen molar-refractivity contribution in [3.8, 4) is 16.9 Å². The molecule has 1 amide bonds. The van der Waals surface area contributed by atoms with Crippen LogP contribution in [0.15, 0.2) is 64.8 Å². The molecule has 0 atom stereocenters. The van der Waals surface area contributed by atoms with E-state index >= 15 is 0 Å². The highest BCUT2D eigenvalue weighted by Crippen LogP contribution is 2.30. The molecule has 1 heterocycles. The van der Waals surface area contributed by atoms with Gasteiger partial charge in [-0.05, 0) is 60.5 Å². The molecule has 0 spiro atoms. The van der Waals surface area contributed by atoms with Crippen LogP contribution in [0, 0.1) is 17.6 Å². The Bertz CT molecular complexity index is 1220. The lowest BCUT2D eigenvalue weighted by Gasteiger charge is -2.13. The Morgan fingerprint density at radius 3 is 2.38 bits per heavy atom. The number of carbonyl (C=O) groups excluding carboxylic acids is 1. The maximum atomic E-state index is 13.5. The SMILES string of the molecule is Cc1c(CC(=O)NCCON=O)cc(-c2ccc(S(C)(=O)=O)cc2)n1-c1ccc(F)cc1. The molecule has 1 N–H and O–H groups in total. The van der Waals surface area contributed by atoms with Gasteiger partial charge in [0.2, 0.25) is 5.91 Å². The van der Waals surface area contributed by atoms with Crippen LogP contribution < -0.4 is 5.32 Å². The normalized spacial score (nSPS) is 11.2. The van der Waals surface area contributed by atoms with Gasteiger partial charge in [0.05, 0.1) is 23.6 Å². The summed E-state index contributed by atoms with van der Waals surface area (Å²) in [6, 6.07) is 14.2. The summed E-state index contributed by atoms with van der Waals surface area (Å²) in [4.78, 5) is 26.8.